The van der Waals surface area contributed by atoms with E-state index in [0.29, 0.717) is 29.8 Å². The van der Waals surface area contributed by atoms with E-state index in [1.54, 1.807) is 17.9 Å². The Morgan fingerprint density at radius 1 is 1.09 bits per heavy atom. The molecule has 0 heterocycles. The molecule has 0 fully saturated rings. The topological polar surface area (TPSA) is 95.7 Å². The summed E-state index contributed by atoms with van der Waals surface area (Å²) in [5, 5.41) is 15.7. The van der Waals surface area contributed by atoms with Gasteiger partial charge in [0.25, 0.3) is 0 Å². The van der Waals surface area contributed by atoms with Gasteiger partial charge in [-0.25, -0.2) is 8.78 Å². The number of aliphatic hydroxyl groups is 1. The minimum atomic E-state index is -1.36. The maximum atomic E-state index is 14.7. The van der Waals surface area contributed by atoms with Crippen LogP contribution in [-0.4, -0.2) is 47.6 Å². The largest absolute Gasteiger partial charge is 0.391 e. The van der Waals surface area contributed by atoms with Gasteiger partial charge in [0.05, 0.1) is 11.5 Å². The molecule has 2 aromatic rings. The minimum absolute atomic E-state index is 0.00573. The molecule has 0 spiro atoms. The number of amides is 2. The minimum Gasteiger partial charge on any atom is -0.391 e. The summed E-state index contributed by atoms with van der Waals surface area (Å²) in [7, 11) is 0. The Morgan fingerprint density at radius 2 is 1.77 bits per heavy atom. The molecule has 2 unspecified atom stereocenters. The van der Waals surface area contributed by atoms with Crippen LogP contribution in [0, 0.1) is 23.0 Å². The molecule has 6 nitrogen and oxygen atoms in total. The molecule has 44 heavy (non-hydrogen) atoms. The predicted molar refractivity (Wildman–Crippen MR) is 170 cm³/mol. The molecule has 0 saturated heterocycles. The number of nitrogens with zero attached hydrogens (tertiary/aromatic N) is 1. The summed E-state index contributed by atoms with van der Waals surface area (Å²) in [6.45, 7) is 6.96. The van der Waals surface area contributed by atoms with E-state index < -0.39 is 35.0 Å². The lowest BCUT2D eigenvalue weighted by atomic mass is 9.63. The van der Waals surface area contributed by atoms with Crippen LogP contribution in [0.1, 0.15) is 82.0 Å². The first-order valence-corrected chi connectivity index (χ1v) is 16.0. The van der Waals surface area contributed by atoms with Crippen LogP contribution in [-0.2, 0) is 22.4 Å². The number of nitrogens with one attached hydrogen (secondary N) is 1. The van der Waals surface area contributed by atoms with E-state index in [4.69, 9.17) is 5.73 Å². The van der Waals surface area contributed by atoms with Gasteiger partial charge in [-0.2, -0.15) is 0 Å². The maximum Gasteiger partial charge on any atom is 0.244 e. The van der Waals surface area contributed by atoms with E-state index in [-0.39, 0.29) is 31.3 Å². The van der Waals surface area contributed by atoms with Gasteiger partial charge in [0.1, 0.15) is 11.6 Å². The van der Waals surface area contributed by atoms with Crippen molar-refractivity contribution in [3.05, 3.63) is 94.1 Å². The summed E-state index contributed by atoms with van der Waals surface area (Å²) >= 11 is 0. The number of halogens is 2. The van der Waals surface area contributed by atoms with Crippen molar-refractivity contribution in [1.29, 1.82) is 0 Å². The van der Waals surface area contributed by atoms with E-state index in [1.807, 2.05) is 32.1 Å². The lowest BCUT2D eigenvalue weighted by molar-refractivity contribution is -0.145. The first kappa shape index (κ1) is 33.5. The monoisotopic (exact) mass is 607 g/mol. The standard InChI is InChI=1S/C36H47F2N3O3/c1-4-14-41(15-5-2)35(44)36(21-24(3)16-27(22-36)34(39)43)31(19-25-17-28(37)20-29(38)18-25)33(42)23-40-32-13-9-7-11-26-10-6-8-12-30(26)32/h6,8,10,12,16-18,20-21,31-33,40,42H,4-5,7,9,11,13-15,19,22-23H2,1-3H3,(H2,39,43)/t31-,32?,33+,36?/m1/s1. The van der Waals surface area contributed by atoms with Crippen LogP contribution in [0.15, 0.2) is 65.8 Å². The molecule has 0 bridgehead atoms. The molecule has 4 N–H and O–H groups in total. The molecule has 2 aliphatic carbocycles. The van der Waals surface area contributed by atoms with Crippen LogP contribution >= 0.6 is 0 Å². The fourth-order valence-corrected chi connectivity index (χ4v) is 7.16. The molecule has 2 aliphatic rings. The molecular formula is C36H47F2N3O3. The predicted octanol–water partition coefficient (Wildman–Crippen LogP) is 5.94. The van der Waals surface area contributed by atoms with Crippen molar-refractivity contribution in [1.82, 2.24) is 10.2 Å². The van der Waals surface area contributed by atoms with Gasteiger partial charge in [-0.05, 0) is 80.7 Å². The summed E-state index contributed by atoms with van der Waals surface area (Å²) in [6, 6.07) is 11.6. The molecule has 0 saturated carbocycles. The second-order valence-corrected chi connectivity index (χ2v) is 12.5. The number of fused-ring (bicyclic) bond motifs is 1. The van der Waals surface area contributed by atoms with Gasteiger partial charge in [0.15, 0.2) is 0 Å². The third kappa shape index (κ3) is 7.83. The fraction of sp³-hybridized carbons (Fsp3) is 0.500. The Morgan fingerprint density at radius 3 is 2.43 bits per heavy atom. The van der Waals surface area contributed by atoms with Gasteiger partial charge in [0.2, 0.25) is 11.8 Å². The molecule has 2 aromatic carbocycles. The number of hydrogen-bond donors (Lipinski definition) is 3. The lowest BCUT2D eigenvalue weighted by Crippen LogP contribution is -2.54. The van der Waals surface area contributed by atoms with Crippen LogP contribution in [0.3, 0.4) is 0 Å². The Balaban J connectivity index is 1.79. The third-order valence-electron chi connectivity index (χ3n) is 9.06. The molecule has 0 radical (unpaired) electrons. The number of allylic oxidation sites excluding steroid dienone is 2. The van der Waals surface area contributed by atoms with Crippen molar-refractivity contribution in [2.24, 2.45) is 17.1 Å². The lowest BCUT2D eigenvalue weighted by Gasteiger charge is -2.45. The highest BCUT2D eigenvalue weighted by Gasteiger charge is 2.50. The Kier molecular flexibility index (Phi) is 11.5. The van der Waals surface area contributed by atoms with Gasteiger partial charge >= 0.3 is 0 Å². The van der Waals surface area contributed by atoms with Crippen LogP contribution in [0.5, 0.6) is 0 Å². The molecule has 4 rings (SSSR count). The molecular weight excluding hydrogens is 560 g/mol. The zero-order valence-corrected chi connectivity index (χ0v) is 26.3. The van der Waals surface area contributed by atoms with Crippen molar-refractivity contribution < 1.29 is 23.5 Å². The number of primary amides is 1. The van der Waals surface area contributed by atoms with Gasteiger partial charge in [-0.3, -0.25) is 9.59 Å². The van der Waals surface area contributed by atoms with Crippen molar-refractivity contribution in [3.8, 4) is 0 Å². The highest BCUT2D eigenvalue weighted by molar-refractivity contribution is 5.96. The van der Waals surface area contributed by atoms with Gasteiger partial charge in [-0.15, -0.1) is 0 Å². The number of nitrogens with two attached hydrogens (primary N) is 1. The average Bonchev–Trinajstić information content (AvgIpc) is 3.19. The molecule has 4 atom stereocenters. The quantitative estimate of drug-likeness (QED) is 0.246. The Bertz CT molecular complexity index is 1360. The normalized spacial score (nSPS) is 21.4. The van der Waals surface area contributed by atoms with Crippen molar-refractivity contribution in [2.75, 3.05) is 19.6 Å². The number of carbonyl (C=O) groups excluding carboxylic acids is 2. The zero-order valence-electron chi connectivity index (χ0n) is 26.3. The number of hydrogen-bond acceptors (Lipinski definition) is 4. The summed E-state index contributed by atoms with van der Waals surface area (Å²) in [4.78, 5) is 29.1. The summed E-state index contributed by atoms with van der Waals surface area (Å²) in [6.07, 6.45) is 7.93. The van der Waals surface area contributed by atoms with Crippen LogP contribution in [0.4, 0.5) is 8.78 Å². The van der Waals surface area contributed by atoms with Gasteiger partial charge in [-0.1, -0.05) is 62.3 Å². The van der Waals surface area contributed by atoms with Crippen molar-refractivity contribution >= 4 is 11.8 Å². The average molecular weight is 608 g/mol. The maximum absolute atomic E-state index is 14.7. The van der Waals surface area contributed by atoms with E-state index in [1.165, 1.54) is 23.3 Å². The van der Waals surface area contributed by atoms with Crippen molar-refractivity contribution in [2.45, 2.75) is 84.3 Å². The summed E-state index contributed by atoms with van der Waals surface area (Å²) in [5.41, 5.74) is 8.22. The SMILES string of the molecule is CCCN(CCC)C(=O)C1([C@H](Cc2cc(F)cc(F)c2)[C@@H](O)CNC2CCCCc3ccccc32)C=C(C)C=C(C(N)=O)C1. The van der Waals surface area contributed by atoms with E-state index in [2.05, 4.69) is 17.4 Å². The Hall–Kier alpha value is -3.36. The van der Waals surface area contributed by atoms with Crippen LogP contribution in [0.2, 0.25) is 0 Å². The van der Waals surface area contributed by atoms with E-state index >= 15 is 0 Å². The highest BCUT2D eigenvalue weighted by Crippen LogP contribution is 2.46. The third-order valence-corrected chi connectivity index (χ3v) is 9.06. The zero-order chi connectivity index (χ0) is 31.9. The second-order valence-electron chi connectivity index (χ2n) is 12.5. The molecule has 2 amide bonds. The van der Waals surface area contributed by atoms with Gasteiger partial charge in [0, 0.05) is 43.2 Å². The molecule has 238 valence electrons. The van der Waals surface area contributed by atoms with E-state index in [9.17, 15) is 23.5 Å². The van der Waals surface area contributed by atoms with Gasteiger partial charge < -0.3 is 21.1 Å². The highest BCUT2D eigenvalue weighted by atomic mass is 19.1. The van der Waals surface area contributed by atoms with Crippen LogP contribution in [0.25, 0.3) is 0 Å². The summed E-state index contributed by atoms with van der Waals surface area (Å²) < 4.78 is 28.9. The second kappa shape index (κ2) is 15.1. The Labute approximate surface area is 260 Å². The number of aliphatic hydroxyl groups excluding tert-OH is 1. The van der Waals surface area contributed by atoms with Crippen molar-refractivity contribution in [3.63, 3.8) is 0 Å². The molecule has 0 aliphatic heterocycles. The van der Waals surface area contributed by atoms with Crippen LogP contribution < -0.4 is 11.1 Å². The first-order valence-electron chi connectivity index (χ1n) is 16.0. The number of rotatable bonds is 13. The molecule has 8 heteroatoms. The summed E-state index contributed by atoms with van der Waals surface area (Å²) in [5.74, 6) is -3.13. The number of carbonyl (C=O) groups is 2. The number of benzene rings is 2. The first-order chi connectivity index (χ1) is 21.1. The molecule has 0 aromatic heterocycles. The number of aryl methyl sites for hydroxylation is 1. The smallest absolute Gasteiger partial charge is 0.244 e. The van der Waals surface area contributed by atoms with E-state index in [0.717, 1.165) is 44.6 Å². The fourth-order valence-electron chi connectivity index (χ4n) is 7.16.